The molecule has 0 saturated carbocycles. The summed E-state index contributed by atoms with van der Waals surface area (Å²) in [7, 11) is -5.01. The average molecular weight is 1520 g/mol. The number of hydrogen-bond donors (Lipinski definition) is 2. The first-order valence-electron chi connectivity index (χ1n) is 42.7. The highest BCUT2D eigenvalue weighted by molar-refractivity contribution is 7.47. The Bertz CT molecular complexity index is 2120. The Morgan fingerprint density at radius 2 is 0.510 bits per heavy atom. The van der Waals surface area contributed by atoms with Crippen molar-refractivity contribution in [1.29, 1.82) is 0 Å². The number of allylic oxidation sites excluding steroid dienone is 8. The molecule has 0 aromatic rings. The Morgan fingerprint density at radius 1 is 0.288 bits per heavy atom. The van der Waals surface area contributed by atoms with Crippen molar-refractivity contribution in [2.75, 3.05) is 60.3 Å². The molecular formula is C85H161NO16P2. The Kier molecular flexibility index (Phi) is 80.3. The van der Waals surface area contributed by atoms with Crippen LogP contribution in [-0.2, 0) is 65.4 Å². The van der Waals surface area contributed by atoms with Crippen molar-refractivity contribution < 1.29 is 75.1 Å². The molecule has 0 aliphatic carbocycles. The SMILES string of the molecule is CCCCCCCC/C=C\CCCCCCCC(=O)OCC(COP(=O)(O)OCCC)OC(=O)CCCCCCC/C=C\CCCCCCCC.CCCCCCCC/C=C\CCCCCCCC(=O)OCC(COP(=O)(O)OCCN(C)C)OC(=O)CCCCCCC/C=C\CCCCCCCC. The summed E-state index contributed by atoms with van der Waals surface area (Å²) in [4.78, 5) is 71.8. The van der Waals surface area contributed by atoms with Crippen LogP contribution in [0.5, 0.6) is 0 Å². The molecule has 104 heavy (non-hydrogen) atoms. The number of ether oxygens (including phenoxy) is 4. The number of hydrogen-bond acceptors (Lipinski definition) is 15. The molecule has 4 atom stereocenters. The van der Waals surface area contributed by atoms with Gasteiger partial charge in [0, 0.05) is 32.2 Å². The van der Waals surface area contributed by atoms with Crippen LogP contribution in [-0.4, -0.2) is 111 Å². The van der Waals surface area contributed by atoms with E-state index in [2.05, 4.69) is 76.3 Å². The summed E-state index contributed by atoms with van der Waals surface area (Å²) in [5.41, 5.74) is 0. The third kappa shape index (κ3) is 83.1. The Morgan fingerprint density at radius 3 is 0.750 bits per heavy atom. The van der Waals surface area contributed by atoms with Gasteiger partial charge in [0.2, 0.25) is 0 Å². The maximum Gasteiger partial charge on any atom is 0.472 e. The van der Waals surface area contributed by atoms with E-state index in [0.717, 1.165) is 141 Å². The van der Waals surface area contributed by atoms with Crippen LogP contribution in [0.25, 0.3) is 0 Å². The van der Waals surface area contributed by atoms with Crippen LogP contribution in [0.1, 0.15) is 401 Å². The van der Waals surface area contributed by atoms with Crippen molar-refractivity contribution in [2.24, 2.45) is 0 Å². The highest BCUT2D eigenvalue weighted by Gasteiger charge is 2.28. The minimum absolute atomic E-state index is 0.00561. The van der Waals surface area contributed by atoms with E-state index in [0.29, 0.717) is 25.8 Å². The zero-order chi connectivity index (χ0) is 76.6. The van der Waals surface area contributed by atoms with Gasteiger partial charge in [-0.2, -0.15) is 0 Å². The number of carbonyl (C=O) groups excluding carboxylic acids is 4. The summed E-state index contributed by atoms with van der Waals surface area (Å²) in [6.07, 6.45) is 79.3. The molecule has 0 rings (SSSR count). The normalized spacial score (nSPS) is 13.6. The largest absolute Gasteiger partial charge is 0.472 e. The third-order valence-corrected chi connectivity index (χ3v) is 20.1. The maximum atomic E-state index is 12.6. The molecule has 0 spiro atoms. The fraction of sp³-hybridized carbons (Fsp3) is 0.859. The Labute approximate surface area is 638 Å². The molecule has 0 saturated heterocycles. The van der Waals surface area contributed by atoms with Crippen LogP contribution in [0.4, 0.5) is 0 Å². The lowest BCUT2D eigenvalue weighted by Gasteiger charge is -2.20. The smallest absolute Gasteiger partial charge is 0.462 e. The van der Waals surface area contributed by atoms with E-state index in [1.807, 2.05) is 25.9 Å². The summed E-state index contributed by atoms with van der Waals surface area (Å²) in [5, 5.41) is 0. The van der Waals surface area contributed by atoms with Gasteiger partial charge in [-0.05, 0) is 149 Å². The van der Waals surface area contributed by atoms with Crippen molar-refractivity contribution in [1.82, 2.24) is 4.90 Å². The minimum atomic E-state index is -4.36. The zero-order valence-electron chi connectivity index (χ0n) is 68.0. The van der Waals surface area contributed by atoms with E-state index < -0.39 is 53.0 Å². The molecule has 612 valence electrons. The molecule has 19 heteroatoms. The van der Waals surface area contributed by atoms with Crippen LogP contribution >= 0.6 is 15.6 Å². The summed E-state index contributed by atoms with van der Waals surface area (Å²) < 4.78 is 66.4. The first kappa shape index (κ1) is 103. The number of likely N-dealkylation sites (N-methyl/N-ethyl adjacent to an activating group) is 1. The second kappa shape index (κ2) is 81.0. The van der Waals surface area contributed by atoms with Crippen LogP contribution in [0.15, 0.2) is 48.6 Å². The van der Waals surface area contributed by atoms with Gasteiger partial charge in [-0.15, -0.1) is 0 Å². The van der Waals surface area contributed by atoms with Gasteiger partial charge in [0.05, 0.1) is 26.4 Å². The van der Waals surface area contributed by atoms with Crippen LogP contribution in [0, 0.1) is 0 Å². The van der Waals surface area contributed by atoms with E-state index >= 15 is 0 Å². The van der Waals surface area contributed by atoms with Gasteiger partial charge in [0.1, 0.15) is 13.2 Å². The molecule has 0 aliphatic rings. The van der Waals surface area contributed by atoms with E-state index in [1.165, 1.54) is 180 Å². The van der Waals surface area contributed by atoms with Crippen LogP contribution in [0.3, 0.4) is 0 Å². The van der Waals surface area contributed by atoms with Gasteiger partial charge in [-0.3, -0.25) is 37.3 Å². The van der Waals surface area contributed by atoms with Crippen molar-refractivity contribution in [3.63, 3.8) is 0 Å². The van der Waals surface area contributed by atoms with Crippen LogP contribution < -0.4 is 0 Å². The monoisotopic (exact) mass is 1510 g/mol. The van der Waals surface area contributed by atoms with Gasteiger partial charge >= 0.3 is 39.5 Å². The average Bonchev–Trinajstić information content (AvgIpc) is 0.929. The summed E-state index contributed by atoms with van der Waals surface area (Å²) in [6.45, 7) is 10.1. The lowest BCUT2D eigenvalue weighted by Crippen LogP contribution is -2.29. The highest BCUT2D eigenvalue weighted by atomic mass is 31.2. The lowest BCUT2D eigenvalue weighted by atomic mass is 10.1. The molecule has 0 amide bonds. The standard InChI is InChI=1S/C43H82NO8P.C42H79O8P/c1-5-7-9-11-13-15-17-19-21-23-25-27-29-31-33-35-42(45)49-39-41(40-51-53(47,48)50-38-37-44(3)4)52-43(46)36-34-32-30-28-26-24-22-20-18-16-14-12-10-8-6-2;1-4-7-9-11-13-15-17-19-21-23-25-27-29-31-33-35-41(43)47-38-40(39-49-51(45,46)48-37-6-3)50-42(44)36-34-32-30-28-26-24-22-20-18-16-14-12-10-8-5-2/h19-22,41H,5-18,23-40H2,1-4H3,(H,47,48);19-22,40H,4-18,23-39H2,1-3H3,(H,45,46)/b2*21-19-,22-20-. The number of phosphoric acid groups is 2. The fourth-order valence-corrected chi connectivity index (χ4v) is 13.2. The molecule has 0 radical (unpaired) electrons. The molecule has 17 nitrogen and oxygen atoms in total. The molecule has 0 bridgehead atoms. The molecule has 0 aromatic carbocycles. The second-order valence-corrected chi connectivity index (χ2v) is 31.8. The van der Waals surface area contributed by atoms with Gasteiger partial charge in [0.15, 0.2) is 12.2 Å². The number of unbranched alkanes of at least 4 members (excludes halogenated alkanes) is 44. The van der Waals surface area contributed by atoms with Crippen molar-refractivity contribution in [3.8, 4) is 0 Å². The molecular weight excluding hydrogens is 1350 g/mol. The van der Waals surface area contributed by atoms with Crippen molar-refractivity contribution in [3.05, 3.63) is 48.6 Å². The number of nitrogens with zero attached hydrogens (tertiary/aromatic N) is 1. The fourth-order valence-electron chi connectivity index (χ4n) is 11.6. The predicted octanol–water partition coefficient (Wildman–Crippen LogP) is 25.3. The van der Waals surface area contributed by atoms with Gasteiger partial charge in [0.25, 0.3) is 0 Å². The maximum absolute atomic E-state index is 12.6. The number of carbonyl (C=O) groups is 4. The second-order valence-electron chi connectivity index (χ2n) is 28.9. The molecule has 0 aromatic heterocycles. The van der Waals surface area contributed by atoms with E-state index in [1.54, 1.807) is 0 Å². The topological polar surface area (TPSA) is 220 Å². The predicted molar refractivity (Wildman–Crippen MR) is 432 cm³/mol. The number of phosphoric ester groups is 2. The minimum Gasteiger partial charge on any atom is -0.462 e. The Balaban J connectivity index is 0. The van der Waals surface area contributed by atoms with Crippen molar-refractivity contribution >= 4 is 39.5 Å². The summed E-state index contributed by atoms with van der Waals surface area (Å²) >= 11 is 0. The number of esters is 4. The van der Waals surface area contributed by atoms with E-state index in [4.69, 9.17) is 37.0 Å². The molecule has 0 aliphatic heterocycles. The molecule has 4 unspecified atom stereocenters. The summed E-state index contributed by atoms with van der Waals surface area (Å²) in [5.74, 6) is -1.63. The van der Waals surface area contributed by atoms with Gasteiger partial charge in [-0.25, -0.2) is 9.13 Å². The number of rotatable bonds is 79. The van der Waals surface area contributed by atoms with Gasteiger partial charge < -0.3 is 33.6 Å². The zero-order valence-corrected chi connectivity index (χ0v) is 69.8. The first-order chi connectivity index (χ1) is 50.5. The quantitative estimate of drug-likeness (QED) is 0.0190. The van der Waals surface area contributed by atoms with Crippen LogP contribution in [0.2, 0.25) is 0 Å². The van der Waals surface area contributed by atoms with E-state index in [-0.39, 0.29) is 64.0 Å². The molecule has 0 fully saturated rings. The van der Waals surface area contributed by atoms with E-state index in [9.17, 15) is 38.1 Å². The highest BCUT2D eigenvalue weighted by Crippen LogP contribution is 2.44. The molecule has 0 heterocycles. The summed E-state index contributed by atoms with van der Waals surface area (Å²) in [6, 6.07) is 0. The molecule has 2 N–H and O–H groups in total. The third-order valence-electron chi connectivity index (χ3n) is 18.1. The van der Waals surface area contributed by atoms with Crippen molar-refractivity contribution in [2.45, 2.75) is 413 Å². The lowest BCUT2D eigenvalue weighted by molar-refractivity contribution is -0.161. The Hall–Kier alpha value is -2.98. The first-order valence-corrected chi connectivity index (χ1v) is 45.7. The van der Waals surface area contributed by atoms with Gasteiger partial charge in [-0.1, -0.05) is 289 Å².